The van der Waals surface area contributed by atoms with Gasteiger partial charge in [-0.15, -0.1) is 0 Å². The standard InChI is InChI=1S/C26H30N6O2/c1-13-22(14(2)34-31-13)18-10-19-17(11-21(18)33-8)23-20(27-15(3)28-25(23)29-19)9-16-12-32(7)30-24(16)26(4,5)6/h10-12H,9H2,1-8H3,(H,27,28,29). The third kappa shape index (κ3) is 3.54. The summed E-state index contributed by atoms with van der Waals surface area (Å²) in [6.45, 7) is 12.3. The Balaban J connectivity index is 1.75. The van der Waals surface area contributed by atoms with Gasteiger partial charge >= 0.3 is 0 Å². The number of H-pyrrole nitrogens is 1. The van der Waals surface area contributed by atoms with Crippen molar-refractivity contribution >= 4 is 21.9 Å². The van der Waals surface area contributed by atoms with Gasteiger partial charge in [-0.05, 0) is 38.5 Å². The van der Waals surface area contributed by atoms with E-state index in [2.05, 4.69) is 49.2 Å². The summed E-state index contributed by atoms with van der Waals surface area (Å²) in [4.78, 5) is 13.1. The summed E-state index contributed by atoms with van der Waals surface area (Å²) in [5, 5.41) is 10.9. The maximum absolute atomic E-state index is 5.82. The molecule has 4 heterocycles. The second-order valence-electron chi connectivity index (χ2n) is 9.97. The van der Waals surface area contributed by atoms with Crippen LogP contribution in [0.25, 0.3) is 33.1 Å². The Kier molecular flexibility index (Phi) is 5.00. The van der Waals surface area contributed by atoms with Crippen LogP contribution in [0.1, 0.15) is 55.0 Å². The van der Waals surface area contributed by atoms with Crippen LogP contribution in [0.4, 0.5) is 0 Å². The number of nitrogens with one attached hydrogen (secondary N) is 1. The van der Waals surface area contributed by atoms with Gasteiger partial charge in [0.15, 0.2) is 0 Å². The second kappa shape index (κ2) is 7.68. The van der Waals surface area contributed by atoms with Crippen molar-refractivity contribution in [3.05, 3.63) is 52.6 Å². The molecule has 176 valence electrons. The first-order valence-corrected chi connectivity index (χ1v) is 11.4. The van der Waals surface area contributed by atoms with Crippen LogP contribution in [0.3, 0.4) is 0 Å². The number of rotatable bonds is 4. The van der Waals surface area contributed by atoms with Crippen molar-refractivity contribution in [2.24, 2.45) is 7.05 Å². The second-order valence-corrected chi connectivity index (χ2v) is 9.97. The molecule has 1 N–H and O–H groups in total. The molecule has 0 radical (unpaired) electrons. The Morgan fingerprint density at radius 3 is 2.53 bits per heavy atom. The van der Waals surface area contributed by atoms with Crippen molar-refractivity contribution in [1.29, 1.82) is 0 Å². The number of nitrogens with zero attached hydrogens (tertiary/aromatic N) is 5. The van der Waals surface area contributed by atoms with Crippen molar-refractivity contribution in [3.8, 4) is 16.9 Å². The molecule has 0 atom stereocenters. The molecule has 8 heteroatoms. The van der Waals surface area contributed by atoms with E-state index in [1.54, 1.807) is 7.11 Å². The summed E-state index contributed by atoms with van der Waals surface area (Å²) in [6.07, 6.45) is 2.76. The highest BCUT2D eigenvalue weighted by Gasteiger charge is 2.24. The molecule has 0 amide bonds. The predicted molar refractivity (Wildman–Crippen MR) is 132 cm³/mol. The Morgan fingerprint density at radius 2 is 1.88 bits per heavy atom. The van der Waals surface area contributed by atoms with Gasteiger partial charge in [-0.3, -0.25) is 4.68 Å². The van der Waals surface area contributed by atoms with Gasteiger partial charge in [-0.1, -0.05) is 25.9 Å². The molecular weight excluding hydrogens is 428 g/mol. The maximum atomic E-state index is 5.82. The smallest absolute Gasteiger partial charge is 0.142 e. The predicted octanol–water partition coefficient (Wildman–Crippen LogP) is 5.32. The molecule has 0 spiro atoms. The van der Waals surface area contributed by atoms with Gasteiger partial charge in [0.25, 0.3) is 0 Å². The lowest BCUT2D eigenvalue weighted by Gasteiger charge is -2.17. The van der Waals surface area contributed by atoms with Crippen LogP contribution in [0, 0.1) is 20.8 Å². The monoisotopic (exact) mass is 458 g/mol. The third-order valence-electron chi connectivity index (χ3n) is 6.23. The van der Waals surface area contributed by atoms with Crippen LogP contribution >= 0.6 is 0 Å². The minimum atomic E-state index is -0.0650. The number of ether oxygens (including phenoxy) is 1. The summed E-state index contributed by atoms with van der Waals surface area (Å²) in [5.74, 6) is 2.24. The summed E-state index contributed by atoms with van der Waals surface area (Å²) < 4.78 is 13.1. The zero-order chi connectivity index (χ0) is 24.4. The third-order valence-corrected chi connectivity index (χ3v) is 6.23. The SMILES string of the molecule is COc1cc2c(cc1-c1c(C)noc1C)[nH]c1nc(C)nc(Cc3cn(C)nc3C(C)(C)C)c12. The summed E-state index contributed by atoms with van der Waals surface area (Å²) in [6, 6.07) is 4.15. The summed E-state index contributed by atoms with van der Waals surface area (Å²) in [5.41, 5.74) is 7.65. The van der Waals surface area contributed by atoms with Gasteiger partial charge in [-0.2, -0.15) is 5.10 Å². The molecular formula is C26H30N6O2. The first-order chi connectivity index (χ1) is 16.1. The Hall–Kier alpha value is -3.68. The van der Waals surface area contributed by atoms with E-state index in [4.69, 9.17) is 24.3 Å². The topological polar surface area (TPSA) is 94.7 Å². The number of aryl methyl sites for hydroxylation is 4. The van der Waals surface area contributed by atoms with E-state index in [-0.39, 0.29) is 5.41 Å². The Bertz CT molecular complexity index is 1530. The molecule has 5 aromatic rings. The molecule has 0 aliphatic heterocycles. The molecule has 0 fully saturated rings. The largest absolute Gasteiger partial charge is 0.496 e. The number of fused-ring (bicyclic) bond motifs is 3. The first-order valence-electron chi connectivity index (χ1n) is 11.4. The number of benzene rings is 1. The van der Waals surface area contributed by atoms with Gasteiger partial charge in [0.2, 0.25) is 0 Å². The number of hydrogen-bond donors (Lipinski definition) is 1. The van der Waals surface area contributed by atoms with Crippen LogP contribution < -0.4 is 4.74 Å². The fourth-order valence-electron chi connectivity index (χ4n) is 4.86. The van der Waals surface area contributed by atoms with Gasteiger partial charge in [0.1, 0.15) is 23.0 Å². The summed E-state index contributed by atoms with van der Waals surface area (Å²) >= 11 is 0. The number of aromatic nitrogens is 6. The van der Waals surface area contributed by atoms with E-state index in [9.17, 15) is 0 Å². The fraction of sp³-hybridized carbons (Fsp3) is 0.385. The van der Waals surface area contributed by atoms with E-state index in [0.717, 1.165) is 67.5 Å². The van der Waals surface area contributed by atoms with Crippen LogP contribution in [-0.2, 0) is 18.9 Å². The van der Waals surface area contributed by atoms with Crippen molar-refractivity contribution in [3.63, 3.8) is 0 Å². The molecule has 0 aliphatic carbocycles. The minimum absolute atomic E-state index is 0.0650. The quantitative estimate of drug-likeness (QED) is 0.392. The van der Waals surface area contributed by atoms with Crippen molar-refractivity contribution in [2.75, 3.05) is 7.11 Å². The van der Waals surface area contributed by atoms with Gasteiger partial charge in [0.05, 0.1) is 29.8 Å². The van der Waals surface area contributed by atoms with Crippen LogP contribution in [0.15, 0.2) is 22.9 Å². The summed E-state index contributed by atoms with van der Waals surface area (Å²) in [7, 11) is 3.65. The lowest BCUT2D eigenvalue weighted by Crippen LogP contribution is -2.15. The number of hydrogen-bond acceptors (Lipinski definition) is 6. The zero-order valence-electron chi connectivity index (χ0n) is 21.0. The zero-order valence-corrected chi connectivity index (χ0v) is 21.0. The molecule has 0 unspecified atom stereocenters. The highest BCUT2D eigenvalue weighted by molar-refractivity contribution is 6.09. The van der Waals surface area contributed by atoms with Crippen molar-refractivity contribution in [2.45, 2.75) is 53.4 Å². The van der Waals surface area contributed by atoms with Crippen LogP contribution in [0.2, 0.25) is 0 Å². The van der Waals surface area contributed by atoms with Gasteiger partial charge < -0.3 is 14.2 Å². The highest BCUT2D eigenvalue weighted by atomic mass is 16.5. The van der Waals surface area contributed by atoms with Crippen molar-refractivity contribution in [1.82, 2.24) is 29.9 Å². The maximum Gasteiger partial charge on any atom is 0.142 e. The molecule has 34 heavy (non-hydrogen) atoms. The molecule has 4 aromatic heterocycles. The first kappa shape index (κ1) is 22.1. The molecule has 5 rings (SSSR count). The molecule has 0 bridgehead atoms. The Labute approximate surface area is 198 Å². The van der Waals surface area contributed by atoms with E-state index >= 15 is 0 Å². The number of methoxy groups -OCH3 is 1. The van der Waals surface area contributed by atoms with Crippen LogP contribution in [0.5, 0.6) is 5.75 Å². The fourth-order valence-corrected chi connectivity index (χ4v) is 4.86. The van der Waals surface area contributed by atoms with E-state index < -0.39 is 0 Å². The lowest BCUT2D eigenvalue weighted by molar-refractivity contribution is 0.393. The minimum Gasteiger partial charge on any atom is -0.496 e. The average Bonchev–Trinajstić information content (AvgIpc) is 3.40. The molecule has 0 saturated heterocycles. The van der Waals surface area contributed by atoms with Gasteiger partial charge in [0, 0.05) is 46.9 Å². The van der Waals surface area contributed by atoms with Crippen molar-refractivity contribution < 1.29 is 9.26 Å². The highest BCUT2D eigenvalue weighted by Crippen LogP contribution is 2.40. The van der Waals surface area contributed by atoms with E-state index in [1.165, 1.54) is 5.56 Å². The van der Waals surface area contributed by atoms with Gasteiger partial charge in [-0.25, -0.2) is 9.97 Å². The Morgan fingerprint density at radius 1 is 1.12 bits per heavy atom. The number of aromatic amines is 1. The molecule has 0 aliphatic rings. The molecule has 8 nitrogen and oxygen atoms in total. The molecule has 1 aromatic carbocycles. The van der Waals surface area contributed by atoms with E-state index in [0.29, 0.717) is 6.42 Å². The lowest BCUT2D eigenvalue weighted by atomic mass is 9.88. The van der Waals surface area contributed by atoms with E-state index in [1.807, 2.05) is 32.5 Å². The normalized spacial score (nSPS) is 12.2. The molecule has 0 saturated carbocycles. The average molecular weight is 459 g/mol. The van der Waals surface area contributed by atoms with Crippen LogP contribution in [-0.4, -0.2) is 37.0 Å².